The summed E-state index contributed by atoms with van der Waals surface area (Å²) in [4.78, 5) is 24.1. The summed E-state index contributed by atoms with van der Waals surface area (Å²) in [5.74, 6) is 2.26. The molecule has 1 aromatic rings. The first-order valence-electron chi connectivity index (χ1n) is 13.0. The molecule has 33 heavy (non-hydrogen) atoms. The van der Waals surface area contributed by atoms with Crippen molar-refractivity contribution in [2.24, 2.45) is 0 Å². The lowest BCUT2D eigenvalue weighted by Gasteiger charge is -2.40. The number of ether oxygens (including phenoxy) is 1. The molecular formula is C24H46N8O. The fourth-order valence-corrected chi connectivity index (χ4v) is 5.01. The van der Waals surface area contributed by atoms with E-state index in [2.05, 4.69) is 66.5 Å². The quantitative estimate of drug-likeness (QED) is 0.534. The van der Waals surface area contributed by atoms with Gasteiger partial charge in [-0.1, -0.05) is 0 Å². The van der Waals surface area contributed by atoms with Gasteiger partial charge in [0.05, 0.1) is 13.2 Å². The third-order valence-corrected chi connectivity index (χ3v) is 6.95. The normalized spacial score (nSPS) is 18.5. The Balaban J connectivity index is 1.68. The maximum atomic E-state index is 5.53. The van der Waals surface area contributed by atoms with E-state index in [4.69, 9.17) is 19.7 Å². The van der Waals surface area contributed by atoms with Gasteiger partial charge in [0.2, 0.25) is 17.8 Å². The van der Waals surface area contributed by atoms with Gasteiger partial charge in [0.25, 0.3) is 0 Å². The minimum Gasteiger partial charge on any atom is -0.379 e. The summed E-state index contributed by atoms with van der Waals surface area (Å²) in [7, 11) is 0. The number of nitrogens with one attached hydrogen (secondary N) is 1. The topological polar surface area (TPSA) is 72.9 Å². The summed E-state index contributed by atoms with van der Waals surface area (Å²) < 4.78 is 5.53. The number of nitrogens with zero attached hydrogens (tertiary/aromatic N) is 7. The summed E-state index contributed by atoms with van der Waals surface area (Å²) in [5, 5.41) is 3.49. The molecular weight excluding hydrogens is 416 g/mol. The lowest BCUT2D eigenvalue weighted by atomic mass is 10.0. The highest BCUT2D eigenvalue weighted by Gasteiger charge is 2.27. The molecule has 0 bridgehead atoms. The molecule has 2 saturated heterocycles. The van der Waals surface area contributed by atoms with E-state index in [0.717, 1.165) is 90.3 Å². The Morgan fingerprint density at radius 3 is 2.15 bits per heavy atom. The number of hydrogen-bond acceptors (Lipinski definition) is 9. The summed E-state index contributed by atoms with van der Waals surface area (Å²) in [6.45, 7) is 22.6. The average molecular weight is 463 g/mol. The second-order valence-corrected chi connectivity index (χ2v) is 9.65. The predicted molar refractivity (Wildman–Crippen MR) is 136 cm³/mol. The van der Waals surface area contributed by atoms with Gasteiger partial charge < -0.3 is 19.9 Å². The summed E-state index contributed by atoms with van der Waals surface area (Å²) in [6, 6.07) is 1.67. The first-order valence-corrected chi connectivity index (χ1v) is 13.0. The van der Waals surface area contributed by atoms with E-state index < -0.39 is 0 Å². The molecule has 0 spiro atoms. The second kappa shape index (κ2) is 12.7. The van der Waals surface area contributed by atoms with E-state index in [1.165, 1.54) is 0 Å². The second-order valence-electron chi connectivity index (χ2n) is 9.65. The molecule has 0 unspecified atom stereocenters. The summed E-state index contributed by atoms with van der Waals surface area (Å²) in [6.07, 6.45) is 2.29. The molecule has 3 heterocycles. The van der Waals surface area contributed by atoms with E-state index in [9.17, 15) is 0 Å². The van der Waals surface area contributed by atoms with Crippen LogP contribution in [0.25, 0.3) is 0 Å². The van der Waals surface area contributed by atoms with Crippen LogP contribution in [0.5, 0.6) is 0 Å². The number of hydrogen-bond donors (Lipinski definition) is 1. The van der Waals surface area contributed by atoms with E-state index in [0.29, 0.717) is 24.1 Å². The smallest absolute Gasteiger partial charge is 0.231 e. The molecule has 188 valence electrons. The van der Waals surface area contributed by atoms with Gasteiger partial charge in [-0.3, -0.25) is 9.80 Å². The van der Waals surface area contributed by atoms with Crippen molar-refractivity contribution in [2.75, 3.05) is 80.7 Å². The molecule has 0 saturated carbocycles. The van der Waals surface area contributed by atoms with Gasteiger partial charge in [-0.25, -0.2) is 0 Å². The lowest BCUT2D eigenvalue weighted by Crippen LogP contribution is -2.49. The van der Waals surface area contributed by atoms with Gasteiger partial charge in [-0.15, -0.1) is 0 Å². The predicted octanol–water partition coefficient (Wildman–Crippen LogP) is 2.55. The van der Waals surface area contributed by atoms with Crippen molar-refractivity contribution in [3.8, 4) is 0 Å². The fraction of sp³-hybridized carbons (Fsp3) is 0.875. The Morgan fingerprint density at radius 1 is 0.939 bits per heavy atom. The SMILES string of the molecule is CCN(CC)c1nc(NCCN(C(C)C)C(C)C)nc(N2CCC(N3CCOCC3)CC2)n1. The first-order chi connectivity index (χ1) is 15.9. The number of aromatic nitrogens is 3. The van der Waals surface area contributed by atoms with Crippen molar-refractivity contribution in [1.82, 2.24) is 24.8 Å². The van der Waals surface area contributed by atoms with Gasteiger partial charge >= 0.3 is 0 Å². The van der Waals surface area contributed by atoms with Gasteiger partial charge in [-0.05, 0) is 54.4 Å². The van der Waals surface area contributed by atoms with E-state index in [1.54, 1.807) is 0 Å². The van der Waals surface area contributed by atoms with Crippen molar-refractivity contribution < 1.29 is 4.74 Å². The van der Waals surface area contributed by atoms with Crippen LogP contribution in [0.1, 0.15) is 54.4 Å². The van der Waals surface area contributed by atoms with E-state index in [-0.39, 0.29) is 0 Å². The van der Waals surface area contributed by atoms with Crippen LogP contribution < -0.4 is 15.1 Å². The highest BCUT2D eigenvalue weighted by Crippen LogP contribution is 2.23. The number of rotatable bonds is 11. The van der Waals surface area contributed by atoms with Crippen LogP contribution in [0.3, 0.4) is 0 Å². The molecule has 0 amide bonds. The van der Waals surface area contributed by atoms with Crippen LogP contribution in [0.15, 0.2) is 0 Å². The van der Waals surface area contributed by atoms with Crippen LogP contribution in [-0.2, 0) is 4.74 Å². The molecule has 2 aliphatic rings. The van der Waals surface area contributed by atoms with Crippen molar-refractivity contribution in [3.05, 3.63) is 0 Å². The summed E-state index contributed by atoms with van der Waals surface area (Å²) >= 11 is 0. The maximum absolute atomic E-state index is 5.53. The van der Waals surface area contributed by atoms with Crippen LogP contribution >= 0.6 is 0 Å². The molecule has 2 fully saturated rings. The molecule has 9 heteroatoms. The summed E-state index contributed by atoms with van der Waals surface area (Å²) in [5.41, 5.74) is 0. The van der Waals surface area contributed by atoms with E-state index >= 15 is 0 Å². The van der Waals surface area contributed by atoms with E-state index in [1.807, 2.05) is 0 Å². The first kappa shape index (κ1) is 25.9. The van der Waals surface area contributed by atoms with Crippen LogP contribution in [0.2, 0.25) is 0 Å². The van der Waals surface area contributed by atoms with Crippen molar-refractivity contribution in [3.63, 3.8) is 0 Å². The molecule has 2 aliphatic heterocycles. The third kappa shape index (κ3) is 7.13. The lowest BCUT2D eigenvalue weighted by molar-refractivity contribution is 0.0114. The maximum Gasteiger partial charge on any atom is 0.231 e. The number of piperidine rings is 1. The highest BCUT2D eigenvalue weighted by molar-refractivity contribution is 5.45. The number of morpholine rings is 1. The van der Waals surface area contributed by atoms with Crippen LogP contribution in [-0.4, -0.2) is 108 Å². The largest absolute Gasteiger partial charge is 0.379 e. The average Bonchev–Trinajstić information content (AvgIpc) is 2.83. The Bertz CT molecular complexity index is 690. The van der Waals surface area contributed by atoms with Crippen LogP contribution in [0.4, 0.5) is 17.8 Å². The molecule has 1 aromatic heterocycles. The zero-order valence-corrected chi connectivity index (χ0v) is 21.8. The van der Waals surface area contributed by atoms with Gasteiger partial charge in [0.1, 0.15) is 0 Å². The zero-order chi connectivity index (χ0) is 23.8. The van der Waals surface area contributed by atoms with Gasteiger partial charge in [-0.2, -0.15) is 15.0 Å². The van der Waals surface area contributed by atoms with Crippen molar-refractivity contribution in [1.29, 1.82) is 0 Å². The highest BCUT2D eigenvalue weighted by atomic mass is 16.5. The Kier molecular flexibility index (Phi) is 9.94. The fourth-order valence-electron chi connectivity index (χ4n) is 5.01. The molecule has 0 aromatic carbocycles. The Hall–Kier alpha value is -1.71. The van der Waals surface area contributed by atoms with Gasteiger partial charge in [0.15, 0.2) is 0 Å². The Morgan fingerprint density at radius 2 is 1.58 bits per heavy atom. The minimum absolute atomic E-state index is 0.514. The molecule has 0 radical (unpaired) electrons. The minimum atomic E-state index is 0.514. The Labute approximate surface area is 200 Å². The zero-order valence-electron chi connectivity index (χ0n) is 21.8. The molecule has 0 aliphatic carbocycles. The molecule has 3 rings (SSSR count). The molecule has 9 nitrogen and oxygen atoms in total. The van der Waals surface area contributed by atoms with Crippen LogP contribution in [0, 0.1) is 0 Å². The van der Waals surface area contributed by atoms with Crippen molar-refractivity contribution in [2.45, 2.75) is 72.5 Å². The number of anilines is 3. The monoisotopic (exact) mass is 462 g/mol. The third-order valence-electron chi connectivity index (χ3n) is 6.95. The van der Waals surface area contributed by atoms with Gasteiger partial charge in [0, 0.05) is 70.5 Å². The molecule has 1 N–H and O–H groups in total. The molecule has 0 atom stereocenters. The van der Waals surface area contributed by atoms with Crippen molar-refractivity contribution >= 4 is 17.8 Å². The standard InChI is InChI=1S/C24H46N8O/c1-7-29(8-2)23-26-22(25-11-14-32(19(3)4)20(5)6)27-24(28-23)31-12-9-21(10-13-31)30-15-17-33-18-16-30/h19-21H,7-18H2,1-6H3,(H,25,26,27,28).